The summed E-state index contributed by atoms with van der Waals surface area (Å²) < 4.78 is 16.0. The van der Waals surface area contributed by atoms with Crippen molar-refractivity contribution in [2.24, 2.45) is 0 Å². The Balaban J connectivity index is 2.44. The number of rotatable bonds is 8. The molecule has 0 aliphatic heterocycles. The highest BCUT2D eigenvalue weighted by atomic mass is 16.5. The van der Waals surface area contributed by atoms with Gasteiger partial charge in [-0.2, -0.15) is 0 Å². The van der Waals surface area contributed by atoms with Crippen LogP contribution in [0, 0.1) is 0 Å². The molecular weight excluding hydrogens is 230 g/mol. The fraction of sp³-hybridized carbons (Fsp3) is 0.571. The Bertz CT molecular complexity index is 353. The second kappa shape index (κ2) is 7.95. The van der Waals surface area contributed by atoms with E-state index in [0.29, 0.717) is 6.61 Å². The highest BCUT2D eigenvalue weighted by molar-refractivity contribution is 5.40. The summed E-state index contributed by atoms with van der Waals surface area (Å²) in [5, 5.41) is 3.32. The molecule has 0 heterocycles. The molecule has 0 bridgehead atoms. The van der Waals surface area contributed by atoms with Gasteiger partial charge in [0.05, 0.1) is 26.9 Å². The monoisotopic (exact) mass is 253 g/mol. The summed E-state index contributed by atoms with van der Waals surface area (Å²) in [4.78, 5) is 0. The third-order valence-corrected chi connectivity index (χ3v) is 2.53. The van der Waals surface area contributed by atoms with Crippen molar-refractivity contribution in [3.63, 3.8) is 0 Å². The highest BCUT2D eigenvalue weighted by Gasteiger charge is 2.04. The Kier molecular flexibility index (Phi) is 6.54. The van der Waals surface area contributed by atoms with Crippen LogP contribution in [-0.4, -0.2) is 33.5 Å². The highest BCUT2D eigenvalue weighted by Crippen LogP contribution is 2.23. The first kappa shape index (κ1) is 14.8. The average molecular weight is 253 g/mol. The second-order valence-corrected chi connectivity index (χ2v) is 4.27. The number of hydrogen-bond acceptors (Lipinski definition) is 4. The van der Waals surface area contributed by atoms with Gasteiger partial charge in [0.2, 0.25) is 0 Å². The third-order valence-electron chi connectivity index (χ3n) is 2.53. The molecule has 0 radical (unpaired) electrons. The lowest BCUT2D eigenvalue weighted by Crippen LogP contribution is -2.21. The summed E-state index contributed by atoms with van der Waals surface area (Å²) in [6.07, 6.45) is 0.276. The van der Waals surface area contributed by atoms with Crippen LogP contribution in [0.4, 0.5) is 0 Å². The van der Waals surface area contributed by atoms with Gasteiger partial charge >= 0.3 is 0 Å². The normalized spacial score (nSPS) is 10.7. The van der Waals surface area contributed by atoms with Crippen molar-refractivity contribution in [3.8, 4) is 11.5 Å². The summed E-state index contributed by atoms with van der Waals surface area (Å²) >= 11 is 0. The van der Waals surface area contributed by atoms with Crippen LogP contribution in [0.3, 0.4) is 0 Å². The van der Waals surface area contributed by atoms with Gasteiger partial charge in [-0.25, -0.2) is 0 Å². The van der Waals surface area contributed by atoms with E-state index >= 15 is 0 Å². The maximum absolute atomic E-state index is 5.46. The number of ether oxygens (including phenoxy) is 3. The van der Waals surface area contributed by atoms with Crippen LogP contribution in [-0.2, 0) is 11.3 Å². The Hall–Kier alpha value is -1.26. The van der Waals surface area contributed by atoms with Crippen LogP contribution in [0.15, 0.2) is 18.2 Å². The van der Waals surface area contributed by atoms with Crippen LogP contribution in [0.5, 0.6) is 11.5 Å². The van der Waals surface area contributed by atoms with Gasteiger partial charge in [0.25, 0.3) is 0 Å². The fourth-order valence-corrected chi connectivity index (χ4v) is 1.61. The predicted octanol–water partition coefficient (Wildman–Crippen LogP) is 2.22. The molecule has 0 unspecified atom stereocenters. The van der Waals surface area contributed by atoms with E-state index in [-0.39, 0.29) is 6.10 Å². The van der Waals surface area contributed by atoms with Crippen molar-refractivity contribution >= 4 is 0 Å². The Morgan fingerprint density at radius 3 is 2.56 bits per heavy atom. The predicted molar refractivity (Wildman–Crippen MR) is 72.3 cm³/mol. The van der Waals surface area contributed by atoms with Crippen molar-refractivity contribution < 1.29 is 14.2 Å². The molecule has 0 fully saturated rings. The molecule has 0 atom stereocenters. The molecule has 0 aromatic heterocycles. The maximum Gasteiger partial charge on any atom is 0.123 e. The molecule has 0 aliphatic rings. The van der Waals surface area contributed by atoms with E-state index in [4.69, 9.17) is 14.2 Å². The van der Waals surface area contributed by atoms with E-state index in [0.717, 1.165) is 30.2 Å². The van der Waals surface area contributed by atoms with E-state index in [1.165, 1.54) is 0 Å². The minimum atomic E-state index is 0.276. The zero-order valence-corrected chi connectivity index (χ0v) is 11.7. The standard InChI is InChI=1S/C14H23NO3/c1-11(2)18-8-7-15-10-12-9-13(16-3)5-6-14(12)17-4/h5-6,9,11,15H,7-8,10H2,1-4H3. The van der Waals surface area contributed by atoms with Crippen LogP contribution >= 0.6 is 0 Å². The summed E-state index contributed by atoms with van der Waals surface area (Å²) in [7, 11) is 3.34. The van der Waals surface area contributed by atoms with Crippen molar-refractivity contribution in [3.05, 3.63) is 23.8 Å². The summed E-state index contributed by atoms with van der Waals surface area (Å²) in [6, 6.07) is 5.79. The molecule has 0 amide bonds. The largest absolute Gasteiger partial charge is 0.497 e. The average Bonchev–Trinajstić information content (AvgIpc) is 2.37. The molecule has 102 valence electrons. The zero-order valence-electron chi connectivity index (χ0n) is 11.7. The Morgan fingerprint density at radius 1 is 1.17 bits per heavy atom. The quantitative estimate of drug-likeness (QED) is 0.721. The van der Waals surface area contributed by atoms with E-state index in [9.17, 15) is 0 Å². The third kappa shape index (κ3) is 4.94. The number of benzene rings is 1. The first-order valence-electron chi connectivity index (χ1n) is 6.20. The van der Waals surface area contributed by atoms with Gasteiger partial charge in [0, 0.05) is 18.7 Å². The van der Waals surface area contributed by atoms with Gasteiger partial charge in [-0.05, 0) is 32.0 Å². The zero-order chi connectivity index (χ0) is 13.4. The SMILES string of the molecule is COc1ccc(OC)c(CNCCOC(C)C)c1. The lowest BCUT2D eigenvalue weighted by Gasteiger charge is -2.12. The summed E-state index contributed by atoms with van der Waals surface area (Å²) in [6.45, 7) is 6.33. The van der Waals surface area contributed by atoms with E-state index in [1.807, 2.05) is 32.0 Å². The Morgan fingerprint density at radius 2 is 1.94 bits per heavy atom. The molecule has 4 nitrogen and oxygen atoms in total. The molecule has 1 aromatic rings. The summed E-state index contributed by atoms with van der Waals surface area (Å²) in [5.41, 5.74) is 1.08. The molecule has 0 spiro atoms. The molecule has 4 heteroatoms. The molecular formula is C14H23NO3. The van der Waals surface area contributed by atoms with Gasteiger partial charge in [-0.3, -0.25) is 0 Å². The van der Waals surface area contributed by atoms with Crippen LogP contribution in [0.1, 0.15) is 19.4 Å². The fourth-order valence-electron chi connectivity index (χ4n) is 1.61. The minimum absolute atomic E-state index is 0.276. The van der Waals surface area contributed by atoms with E-state index in [1.54, 1.807) is 14.2 Å². The van der Waals surface area contributed by atoms with Crippen LogP contribution in [0.25, 0.3) is 0 Å². The van der Waals surface area contributed by atoms with Gasteiger partial charge < -0.3 is 19.5 Å². The van der Waals surface area contributed by atoms with Gasteiger partial charge in [0.1, 0.15) is 11.5 Å². The lowest BCUT2D eigenvalue weighted by atomic mass is 10.2. The van der Waals surface area contributed by atoms with Crippen molar-refractivity contribution in [2.75, 3.05) is 27.4 Å². The topological polar surface area (TPSA) is 39.7 Å². The molecule has 0 aliphatic carbocycles. The molecule has 18 heavy (non-hydrogen) atoms. The Labute approximate surface area is 109 Å². The van der Waals surface area contributed by atoms with E-state index in [2.05, 4.69) is 5.32 Å². The number of methoxy groups -OCH3 is 2. The van der Waals surface area contributed by atoms with E-state index < -0.39 is 0 Å². The lowest BCUT2D eigenvalue weighted by molar-refractivity contribution is 0.0807. The number of hydrogen-bond donors (Lipinski definition) is 1. The van der Waals surface area contributed by atoms with Crippen molar-refractivity contribution in [1.29, 1.82) is 0 Å². The van der Waals surface area contributed by atoms with Gasteiger partial charge in [0.15, 0.2) is 0 Å². The molecule has 0 saturated carbocycles. The first-order valence-corrected chi connectivity index (χ1v) is 6.20. The smallest absolute Gasteiger partial charge is 0.123 e. The van der Waals surface area contributed by atoms with Gasteiger partial charge in [-0.15, -0.1) is 0 Å². The molecule has 1 aromatic carbocycles. The van der Waals surface area contributed by atoms with Gasteiger partial charge in [-0.1, -0.05) is 0 Å². The van der Waals surface area contributed by atoms with Crippen LogP contribution < -0.4 is 14.8 Å². The second-order valence-electron chi connectivity index (χ2n) is 4.27. The summed E-state index contributed by atoms with van der Waals surface area (Å²) in [5.74, 6) is 1.71. The molecule has 0 saturated heterocycles. The van der Waals surface area contributed by atoms with Crippen molar-refractivity contribution in [2.45, 2.75) is 26.5 Å². The minimum Gasteiger partial charge on any atom is -0.497 e. The molecule has 1 rings (SSSR count). The number of nitrogens with one attached hydrogen (secondary N) is 1. The first-order chi connectivity index (χ1) is 8.67. The molecule has 1 N–H and O–H groups in total. The maximum atomic E-state index is 5.46. The van der Waals surface area contributed by atoms with Crippen LogP contribution in [0.2, 0.25) is 0 Å². The van der Waals surface area contributed by atoms with Crippen molar-refractivity contribution in [1.82, 2.24) is 5.32 Å².